The molecule has 2 fully saturated rings. The van der Waals surface area contributed by atoms with Gasteiger partial charge in [-0.25, -0.2) is 4.79 Å². The molecule has 5 N–H and O–H groups in total. The number of benzene rings is 1. The summed E-state index contributed by atoms with van der Waals surface area (Å²) in [6.07, 6.45) is -0.726. The second-order valence-corrected chi connectivity index (χ2v) is 7.55. The molecule has 1 heterocycles. The van der Waals surface area contributed by atoms with E-state index in [0.29, 0.717) is 18.7 Å². The number of carbonyl (C=O) groups excluding carboxylic acids is 2. The SMILES string of the molecule is O=C(/C=C/c1ccc(O)c(O)c1)O[C@@H]1C[C@](O)(C(=O)N2CCCC2)C[C@@H](O)[C@H]1O. The summed E-state index contributed by atoms with van der Waals surface area (Å²) in [5.41, 5.74) is -1.50. The average molecular weight is 407 g/mol. The van der Waals surface area contributed by atoms with Crippen LogP contribution in [0.5, 0.6) is 11.5 Å². The van der Waals surface area contributed by atoms with Crippen LogP contribution in [0.3, 0.4) is 0 Å². The minimum atomic E-state index is -1.92. The number of aliphatic hydroxyl groups is 3. The minimum absolute atomic E-state index is 0.300. The summed E-state index contributed by atoms with van der Waals surface area (Å²) < 4.78 is 5.18. The van der Waals surface area contributed by atoms with E-state index in [1.807, 2.05) is 0 Å². The third kappa shape index (κ3) is 4.69. The smallest absolute Gasteiger partial charge is 0.331 e. The molecule has 0 spiro atoms. The molecule has 0 unspecified atom stereocenters. The van der Waals surface area contributed by atoms with Crippen molar-refractivity contribution in [2.24, 2.45) is 0 Å². The third-order valence-electron chi connectivity index (χ3n) is 5.33. The van der Waals surface area contributed by atoms with E-state index in [9.17, 15) is 35.1 Å². The molecule has 158 valence electrons. The number of ether oxygens (including phenoxy) is 1. The summed E-state index contributed by atoms with van der Waals surface area (Å²) in [5.74, 6) is -2.04. The maximum Gasteiger partial charge on any atom is 0.331 e. The van der Waals surface area contributed by atoms with Crippen molar-refractivity contribution >= 4 is 18.0 Å². The van der Waals surface area contributed by atoms with Crippen LogP contribution < -0.4 is 0 Å². The van der Waals surface area contributed by atoms with Gasteiger partial charge in [-0.15, -0.1) is 0 Å². The zero-order valence-electron chi connectivity index (χ0n) is 15.8. The number of nitrogens with zero attached hydrogens (tertiary/aromatic N) is 1. The molecule has 1 aliphatic heterocycles. The van der Waals surface area contributed by atoms with Crippen molar-refractivity contribution in [2.45, 2.75) is 49.6 Å². The second kappa shape index (κ2) is 8.40. The van der Waals surface area contributed by atoms with E-state index >= 15 is 0 Å². The van der Waals surface area contributed by atoms with Gasteiger partial charge >= 0.3 is 5.97 Å². The van der Waals surface area contributed by atoms with Crippen molar-refractivity contribution in [3.05, 3.63) is 29.8 Å². The Morgan fingerprint density at radius 1 is 1.10 bits per heavy atom. The maximum atomic E-state index is 12.7. The van der Waals surface area contributed by atoms with Crippen molar-refractivity contribution in [3.8, 4) is 11.5 Å². The fourth-order valence-corrected chi connectivity index (χ4v) is 3.75. The average Bonchev–Trinajstić information content (AvgIpc) is 3.20. The van der Waals surface area contributed by atoms with Gasteiger partial charge in [0.25, 0.3) is 5.91 Å². The van der Waals surface area contributed by atoms with E-state index < -0.39 is 35.8 Å². The van der Waals surface area contributed by atoms with Crippen LogP contribution in [0.15, 0.2) is 24.3 Å². The standard InChI is InChI=1S/C20H25NO8/c22-13-5-3-12(9-14(13)23)4-6-17(25)29-16-11-20(28,10-15(24)18(16)26)19(27)21-7-1-2-8-21/h3-6,9,15-16,18,22-24,26,28H,1-2,7-8,10-11H2/b6-4+/t15-,16-,18-,20+/m1/s1. The highest BCUT2D eigenvalue weighted by Gasteiger charge is 2.51. The number of hydrogen-bond acceptors (Lipinski definition) is 8. The largest absolute Gasteiger partial charge is 0.504 e. The highest BCUT2D eigenvalue weighted by molar-refractivity contribution is 5.88. The summed E-state index contributed by atoms with van der Waals surface area (Å²) in [7, 11) is 0. The molecule has 4 atom stereocenters. The van der Waals surface area contributed by atoms with Gasteiger partial charge in [0.05, 0.1) is 6.10 Å². The molecule has 0 radical (unpaired) electrons. The molecule has 3 rings (SSSR count). The molecule has 1 saturated heterocycles. The lowest BCUT2D eigenvalue weighted by Crippen LogP contribution is -2.60. The van der Waals surface area contributed by atoms with Crippen LogP contribution in [0.25, 0.3) is 6.08 Å². The molecule has 0 bridgehead atoms. The normalized spacial score (nSPS) is 29.9. The molecule has 1 aromatic carbocycles. The number of likely N-dealkylation sites (tertiary alicyclic amines) is 1. The Morgan fingerprint density at radius 2 is 1.79 bits per heavy atom. The van der Waals surface area contributed by atoms with E-state index in [-0.39, 0.29) is 24.3 Å². The Hall–Kier alpha value is -2.62. The maximum absolute atomic E-state index is 12.7. The number of amides is 1. The van der Waals surface area contributed by atoms with Crippen LogP contribution in [0.2, 0.25) is 0 Å². The van der Waals surface area contributed by atoms with Gasteiger partial charge < -0.3 is 35.2 Å². The van der Waals surface area contributed by atoms with Crippen LogP contribution in [0.4, 0.5) is 0 Å². The first-order valence-corrected chi connectivity index (χ1v) is 9.48. The van der Waals surface area contributed by atoms with Gasteiger partial charge in [-0.3, -0.25) is 4.79 Å². The Labute approximate surface area is 167 Å². The van der Waals surface area contributed by atoms with Crippen LogP contribution >= 0.6 is 0 Å². The van der Waals surface area contributed by atoms with Gasteiger partial charge in [0.1, 0.15) is 17.8 Å². The Kier molecular flexibility index (Phi) is 6.11. The fourth-order valence-electron chi connectivity index (χ4n) is 3.75. The molecular weight excluding hydrogens is 382 g/mol. The van der Waals surface area contributed by atoms with E-state index in [1.165, 1.54) is 29.2 Å². The molecule has 29 heavy (non-hydrogen) atoms. The second-order valence-electron chi connectivity index (χ2n) is 7.55. The predicted octanol–water partition coefficient (Wildman–Crippen LogP) is -0.108. The van der Waals surface area contributed by atoms with Crippen molar-refractivity contribution < 1.29 is 39.9 Å². The number of aliphatic hydroxyl groups excluding tert-OH is 2. The molecule has 0 aromatic heterocycles. The number of phenolic OH excluding ortho intramolecular Hbond substituents is 2. The molecule has 1 aromatic rings. The number of aromatic hydroxyl groups is 2. The van der Waals surface area contributed by atoms with Gasteiger partial charge in [0, 0.05) is 32.0 Å². The van der Waals surface area contributed by atoms with E-state index in [1.54, 1.807) is 0 Å². The van der Waals surface area contributed by atoms with E-state index in [0.717, 1.165) is 18.9 Å². The molecule has 1 aliphatic carbocycles. The molecule has 9 heteroatoms. The first kappa shape index (κ1) is 21.1. The summed E-state index contributed by atoms with van der Waals surface area (Å²) in [4.78, 5) is 26.3. The predicted molar refractivity (Wildman–Crippen MR) is 101 cm³/mol. The highest BCUT2D eigenvalue weighted by Crippen LogP contribution is 2.33. The van der Waals surface area contributed by atoms with E-state index in [4.69, 9.17) is 4.74 Å². The van der Waals surface area contributed by atoms with Crippen LogP contribution in [-0.4, -0.2) is 79.3 Å². The van der Waals surface area contributed by atoms with Crippen LogP contribution in [-0.2, 0) is 14.3 Å². The van der Waals surface area contributed by atoms with E-state index in [2.05, 4.69) is 0 Å². The van der Waals surface area contributed by atoms with Gasteiger partial charge in [-0.05, 0) is 36.6 Å². The number of hydrogen-bond donors (Lipinski definition) is 5. The first-order chi connectivity index (χ1) is 13.7. The van der Waals surface area contributed by atoms with Crippen molar-refractivity contribution in [2.75, 3.05) is 13.1 Å². The summed E-state index contributed by atoms with van der Waals surface area (Å²) >= 11 is 0. The van der Waals surface area contributed by atoms with Crippen molar-refractivity contribution in [3.63, 3.8) is 0 Å². The number of carbonyl (C=O) groups is 2. The lowest BCUT2D eigenvalue weighted by Gasteiger charge is -2.42. The summed E-state index contributed by atoms with van der Waals surface area (Å²) in [6, 6.07) is 3.96. The van der Waals surface area contributed by atoms with Gasteiger partial charge in [0.2, 0.25) is 0 Å². The third-order valence-corrected chi connectivity index (χ3v) is 5.33. The van der Waals surface area contributed by atoms with Crippen molar-refractivity contribution in [1.29, 1.82) is 0 Å². The van der Waals surface area contributed by atoms with Crippen molar-refractivity contribution in [1.82, 2.24) is 4.90 Å². The van der Waals surface area contributed by atoms with Crippen LogP contribution in [0.1, 0.15) is 31.2 Å². The Balaban J connectivity index is 1.67. The Bertz CT molecular complexity index is 804. The zero-order chi connectivity index (χ0) is 21.2. The lowest BCUT2D eigenvalue weighted by atomic mass is 9.78. The van der Waals surface area contributed by atoms with Gasteiger partial charge in [-0.1, -0.05) is 6.07 Å². The van der Waals surface area contributed by atoms with Gasteiger partial charge in [0.15, 0.2) is 11.5 Å². The summed E-state index contributed by atoms with van der Waals surface area (Å²) in [6.45, 7) is 1.04. The number of phenols is 2. The molecule has 1 saturated carbocycles. The number of esters is 1. The monoisotopic (exact) mass is 407 g/mol. The molecule has 1 amide bonds. The van der Waals surface area contributed by atoms with Gasteiger partial charge in [-0.2, -0.15) is 0 Å². The quantitative estimate of drug-likeness (QED) is 0.264. The fraction of sp³-hybridized carbons (Fsp3) is 0.500. The topological polar surface area (TPSA) is 148 Å². The van der Waals surface area contributed by atoms with Crippen LogP contribution in [0, 0.1) is 0 Å². The first-order valence-electron chi connectivity index (χ1n) is 9.48. The molecule has 9 nitrogen and oxygen atoms in total. The number of rotatable bonds is 4. The minimum Gasteiger partial charge on any atom is -0.504 e. The molecule has 2 aliphatic rings. The zero-order valence-corrected chi connectivity index (χ0v) is 15.8. The Morgan fingerprint density at radius 3 is 2.45 bits per heavy atom. The highest BCUT2D eigenvalue weighted by atomic mass is 16.6. The molecular formula is C20H25NO8. The summed E-state index contributed by atoms with van der Waals surface area (Å²) in [5, 5.41) is 49.9. The lowest BCUT2D eigenvalue weighted by molar-refractivity contribution is -0.191.